The first kappa shape index (κ1) is 18.9. The number of aromatic nitrogens is 2. The molecule has 0 aromatic carbocycles. The highest BCUT2D eigenvalue weighted by molar-refractivity contribution is 14.0. The molecule has 0 radical (unpaired) electrons. The maximum atomic E-state index is 5.55. The van der Waals surface area contributed by atoms with Crippen molar-refractivity contribution >= 4 is 41.3 Å². The highest BCUT2D eigenvalue weighted by Crippen LogP contribution is 2.10. The average Bonchev–Trinajstić information content (AvgIpc) is 2.97. The summed E-state index contributed by atoms with van der Waals surface area (Å²) in [6, 6.07) is 0. The maximum absolute atomic E-state index is 5.55. The summed E-state index contributed by atoms with van der Waals surface area (Å²) in [6.45, 7) is 7.09. The van der Waals surface area contributed by atoms with Crippen molar-refractivity contribution in [1.82, 2.24) is 20.2 Å². The molecule has 0 saturated heterocycles. The van der Waals surface area contributed by atoms with Crippen molar-refractivity contribution < 1.29 is 4.42 Å². The van der Waals surface area contributed by atoms with Gasteiger partial charge < -0.3 is 14.6 Å². The summed E-state index contributed by atoms with van der Waals surface area (Å²) in [6.07, 6.45) is 0. The average molecular weight is 435 g/mol. The molecular formula is C14H22IN5OS. The summed E-state index contributed by atoms with van der Waals surface area (Å²) < 4.78 is 5.55. The van der Waals surface area contributed by atoms with Crippen LogP contribution in [0.1, 0.15) is 28.0 Å². The molecule has 2 rings (SSSR count). The summed E-state index contributed by atoms with van der Waals surface area (Å²) in [4.78, 5) is 15.1. The Morgan fingerprint density at radius 3 is 2.59 bits per heavy atom. The van der Waals surface area contributed by atoms with E-state index in [2.05, 4.69) is 25.7 Å². The molecule has 1 N–H and O–H groups in total. The normalized spacial score (nSPS) is 11.2. The SMILES string of the molecule is CN=C(NCc1nc(C)c(C)o1)N(C)Cc1csc(C)n1.I. The molecule has 0 saturated carbocycles. The Balaban J connectivity index is 0.00000242. The van der Waals surface area contributed by atoms with E-state index in [9.17, 15) is 0 Å². The van der Waals surface area contributed by atoms with Gasteiger partial charge in [0.1, 0.15) is 5.76 Å². The fourth-order valence-corrected chi connectivity index (χ4v) is 2.56. The second-order valence-electron chi connectivity index (χ2n) is 4.86. The summed E-state index contributed by atoms with van der Waals surface area (Å²) in [5.41, 5.74) is 1.97. The molecule has 2 aromatic heterocycles. The highest BCUT2D eigenvalue weighted by Gasteiger charge is 2.11. The molecule has 122 valence electrons. The third kappa shape index (κ3) is 4.94. The van der Waals surface area contributed by atoms with E-state index < -0.39 is 0 Å². The Bertz CT molecular complexity index is 617. The highest BCUT2D eigenvalue weighted by atomic mass is 127. The van der Waals surface area contributed by atoms with Gasteiger partial charge in [0, 0.05) is 19.5 Å². The molecule has 2 aromatic rings. The summed E-state index contributed by atoms with van der Waals surface area (Å²) in [7, 11) is 3.74. The molecule has 0 atom stereocenters. The number of hydrogen-bond acceptors (Lipinski definition) is 5. The zero-order valence-corrected chi connectivity index (χ0v) is 16.7. The van der Waals surface area contributed by atoms with Crippen molar-refractivity contribution in [2.75, 3.05) is 14.1 Å². The van der Waals surface area contributed by atoms with Crippen LogP contribution in [-0.2, 0) is 13.1 Å². The molecule has 0 bridgehead atoms. The first-order valence-corrected chi connectivity index (χ1v) is 7.63. The summed E-state index contributed by atoms with van der Waals surface area (Å²) in [5, 5.41) is 6.39. The number of nitrogens with zero attached hydrogens (tertiary/aromatic N) is 4. The third-order valence-electron chi connectivity index (χ3n) is 3.11. The predicted octanol–water partition coefficient (Wildman–Crippen LogP) is 2.88. The van der Waals surface area contributed by atoms with E-state index in [-0.39, 0.29) is 24.0 Å². The molecule has 6 nitrogen and oxygen atoms in total. The Morgan fingerprint density at radius 2 is 2.09 bits per heavy atom. The molecule has 2 heterocycles. The molecule has 22 heavy (non-hydrogen) atoms. The van der Waals surface area contributed by atoms with Gasteiger partial charge in [-0.05, 0) is 20.8 Å². The lowest BCUT2D eigenvalue weighted by Gasteiger charge is -2.20. The molecule has 0 aliphatic carbocycles. The van der Waals surface area contributed by atoms with Crippen molar-refractivity contribution in [3.05, 3.63) is 33.4 Å². The lowest BCUT2D eigenvalue weighted by atomic mass is 10.4. The van der Waals surface area contributed by atoms with Crippen molar-refractivity contribution in [2.24, 2.45) is 4.99 Å². The quantitative estimate of drug-likeness (QED) is 0.455. The Labute approximate surface area is 152 Å². The molecule has 0 aliphatic heterocycles. The first-order chi connectivity index (χ1) is 9.99. The fraction of sp³-hybridized carbons (Fsp3) is 0.500. The van der Waals surface area contributed by atoms with Gasteiger partial charge >= 0.3 is 0 Å². The molecule has 8 heteroatoms. The Hall–Kier alpha value is -1.16. The van der Waals surface area contributed by atoms with Gasteiger partial charge in [0.15, 0.2) is 5.96 Å². The van der Waals surface area contributed by atoms with Crippen LogP contribution in [0.4, 0.5) is 0 Å². The second kappa shape index (κ2) is 8.47. The zero-order chi connectivity index (χ0) is 15.4. The van der Waals surface area contributed by atoms with Gasteiger partial charge in [0.25, 0.3) is 0 Å². The number of thiazole rings is 1. The Kier molecular flexibility index (Phi) is 7.27. The van der Waals surface area contributed by atoms with Gasteiger partial charge in [-0.3, -0.25) is 4.99 Å². The fourth-order valence-electron chi connectivity index (χ4n) is 1.95. The lowest BCUT2D eigenvalue weighted by Crippen LogP contribution is -2.38. The standard InChI is InChI=1S/C14H21N5OS.HI/c1-9-10(2)20-13(17-9)6-16-14(15-4)19(5)7-12-8-21-11(3)18-12;/h8H,6-7H2,1-5H3,(H,15,16);1H. The third-order valence-corrected chi connectivity index (χ3v) is 3.93. The van der Waals surface area contributed by atoms with Crippen molar-refractivity contribution in [3.8, 4) is 0 Å². The number of nitrogens with one attached hydrogen (secondary N) is 1. The van der Waals surface area contributed by atoms with E-state index in [0.717, 1.165) is 28.1 Å². The number of halogens is 1. The van der Waals surface area contributed by atoms with E-state index >= 15 is 0 Å². The minimum Gasteiger partial charge on any atom is -0.444 e. The van der Waals surface area contributed by atoms with Crippen LogP contribution in [0, 0.1) is 20.8 Å². The number of oxazole rings is 1. The second-order valence-corrected chi connectivity index (χ2v) is 5.93. The van der Waals surface area contributed by atoms with E-state index in [1.165, 1.54) is 0 Å². The number of hydrogen-bond donors (Lipinski definition) is 1. The van der Waals surface area contributed by atoms with Gasteiger partial charge in [0.05, 0.1) is 29.5 Å². The predicted molar refractivity (Wildman–Crippen MR) is 99.9 cm³/mol. The molecule has 0 amide bonds. The van der Waals surface area contributed by atoms with Crippen LogP contribution in [0.15, 0.2) is 14.8 Å². The summed E-state index contributed by atoms with van der Waals surface area (Å²) >= 11 is 1.66. The van der Waals surface area contributed by atoms with Gasteiger partial charge in [-0.15, -0.1) is 35.3 Å². The van der Waals surface area contributed by atoms with Crippen molar-refractivity contribution in [2.45, 2.75) is 33.9 Å². The first-order valence-electron chi connectivity index (χ1n) is 6.75. The van der Waals surface area contributed by atoms with Crippen LogP contribution in [0.2, 0.25) is 0 Å². The van der Waals surface area contributed by atoms with Gasteiger partial charge in [-0.25, -0.2) is 9.97 Å². The number of rotatable bonds is 4. The lowest BCUT2D eigenvalue weighted by molar-refractivity contribution is 0.440. The Morgan fingerprint density at radius 1 is 1.36 bits per heavy atom. The van der Waals surface area contributed by atoms with Crippen LogP contribution >= 0.6 is 35.3 Å². The van der Waals surface area contributed by atoms with Crippen molar-refractivity contribution in [1.29, 1.82) is 0 Å². The largest absolute Gasteiger partial charge is 0.444 e. The topological polar surface area (TPSA) is 66.6 Å². The zero-order valence-electron chi connectivity index (χ0n) is 13.5. The van der Waals surface area contributed by atoms with Crippen LogP contribution in [-0.4, -0.2) is 34.9 Å². The molecule has 0 spiro atoms. The van der Waals surface area contributed by atoms with Crippen LogP contribution in [0.5, 0.6) is 0 Å². The number of guanidine groups is 1. The van der Waals surface area contributed by atoms with Crippen LogP contribution in [0.25, 0.3) is 0 Å². The molecular weight excluding hydrogens is 413 g/mol. The van der Waals surface area contributed by atoms with Crippen LogP contribution in [0.3, 0.4) is 0 Å². The van der Waals surface area contributed by atoms with Crippen LogP contribution < -0.4 is 5.32 Å². The molecule has 0 unspecified atom stereocenters. The minimum atomic E-state index is 0. The van der Waals surface area contributed by atoms with E-state index in [4.69, 9.17) is 4.42 Å². The summed E-state index contributed by atoms with van der Waals surface area (Å²) in [5.74, 6) is 2.31. The minimum absolute atomic E-state index is 0. The van der Waals surface area contributed by atoms with Gasteiger partial charge in [0.2, 0.25) is 5.89 Å². The van der Waals surface area contributed by atoms with E-state index in [1.807, 2.05) is 32.7 Å². The van der Waals surface area contributed by atoms with E-state index in [1.54, 1.807) is 18.4 Å². The number of aryl methyl sites for hydroxylation is 3. The van der Waals surface area contributed by atoms with Gasteiger partial charge in [-0.2, -0.15) is 0 Å². The smallest absolute Gasteiger partial charge is 0.214 e. The van der Waals surface area contributed by atoms with E-state index in [0.29, 0.717) is 19.0 Å². The maximum Gasteiger partial charge on any atom is 0.214 e. The number of aliphatic imine (C=N–C) groups is 1. The molecule has 0 aliphatic rings. The van der Waals surface area contributed by atoms with Crippen molar-refractivity contribution in [3.63, 3.8) is 0 Å². The monoisotopic (exact) mass is 435 g/mol. The molecule has 0 fully saturated rings. The van der Waals surface area contributed by atoms with Gasteiger partial charge in [-0.1, -0.05) is 0 Å².